The average Bonchev–Trinajstić information content (AvgIpc) is 2.97. The Balaban J connectivity index is 2.12. The lowest BCUT2D eigenvalue weighted by atomic mass is 9.98. The molecule has 0 spiro atoms. The lowest BCUT2D eigenvalue weighted by molar-refractivity contribution is -0.143. The zero-order valence-corrected chi connectivity index (χ0v) is 14.1. The van der Waals surface area contributed by atoms with E-state index in [1.807, 2.05) is 13.8 Å². The normalized spacial score (nSPS) is 18.3. The number of aliphatic carboxylic acids is 1. The first kappa shape index (κ1) is 16.4. The summed E-state index contributed by atoms with van der Waals surface area (Å²) in [6, 6.07) is 0.915. The second kappa shape index (κ2) is 6.22. The Morgan fingerprint density at radius 2 is 2.12 bits per heavy atom. The molecule has 0 bridgehead atoms. The van der Waals surface area contributed by atoms with E-state index in [-0.39, 0.29) is 11.8 Å². The molecule has 1 N–H and O–H groups in total. The van der Waals surface area contributed by atoms with Crippen molar-refractivity contribution in [1.82, 2.24) is 15.0 Å². The van der Waals surface area contributed by atoms with E-state index in [2.05, 4.69) is 10.1 Å². The van der Waals surface area contributed by atoms with Crippen molar-refractivity contribution < 1.29 is 19.2 Å². The topological polar surface area (TPSA) is 96.5 Å². The summed E-state index contributed by atoms with van der Waals surface area (Å²) in [7, 11) is 0. The fraction of sp³-hybridized carbons (Fsp3) is 0.529. The summed E-state index contributed by atoms with van der Waals surface area (Å²) in [5.74, 6) is -1.18. The maximum atomic E-state index is 13.1. The second-order valence-electron chi connectivity index (χ2n) is 6.56. The van der Waals surface area contributed by atoms with Gasteiger partial charge in [0.1, 0.15) is 6.04 Å². The summed E-state index contributed by atoms with van der Waals surface area (Å²) in [5, 5.41) is 14.1. The van der Waals surface area contributed by atoms with Gasteiger partial charge in [0.15, 0.2) is 0 Å². The Bertz CT molecular complexity index is 796. The number of carbonyl (C=O) groups is 2. The molecule has 0 radical (unpaired) electrons. The summed E-state index contributed by atoms with van der Waals surface area (Å²) in [4.78, 5) is 30.4. The standard InChI is InChI=1S/C17H21N3O4/c1-9(2)14-13-11(8-10(3)18-15(13)24-19-14)16(21)20-7-5-4-6-12(20)17(22)23/h8-9,12H,4-7H2,1-3H3,(H,22,23). The maximum absolute atomic E-state index is 13.1. The number of nitrogens with zero attached hydrogens (tertiary/aromatic N) is 3. The molecular formula is C17H21N3O4. The van der Waals surface area contributed by atoms with Crippen LogP contribution in [0.15, 0.2) is 10.6 Å². The molecule has 2 aromatic heterocycles. The Morgan fingerprint density at radius 3 is 2.79 bits per heavy atom. The summed E-state index contributed by atoms with van der Waals surface area (Å²) in [5.41, 5.74) is 2.06. The van der Waals surface area contributed by atoms with Crippen molar-refractivity contribution in [2.24, 2.45) is 0 Å². The predicted molar refractivity (Wildman–Crippen MR) is 86.9 cm³/mol. The second-order valence-corrected chi connectivity index (χ2v) is 6.56. The number of amides is 1. The van der Waals surface area contributed by atoms with Gasteiger partial charge in [-0.15, -0.1) is 0 Å². The molecule has 128 valence electrons. The first-order chi connectivity index (χ1) is 11.4. The molecule has 1 aliphatic heterocycles. The summed E-state index contributed by atoms with van der Waals surface area (Å²) in [6.45, 7) is 6.15. The highest BCUT2D eigenvalue weighted by atomic mass is 16.5. The van der Waals surface area contributed by atoms with Crippen LogP contribution in [0, 0.1) is 6.92 Å². The Labute approximate surface area is 139 Å². The number of hydrogen-bond donors (Lipinski definition) is 1. The van der Waals surface area contributed by atoms with Crippen LogP contribution in [0.2, 0.25) is 0 Å². The monoisotopic (exact) mass is 331 g/mol. The highest BCUT2D eigenvalue weighted by Crippen LogP contribution is 2.30. The van der Waals surface area contributed by atoms with Crippen LogP contribution in [0.5, 0.6) is 0 Å². The Morgan fingerprint density at radius 1 is 1.38 bits per heavy atom. The predicted octanol–water partition coefficient (Wildman–Crippen LogP) is 2.73. The first-order valence-electron chi connectivity index (χ1n) is 8.21. The van der Waals surface area contributed by atoms with Gasteiger partial charge in [-0.1, -0.05) is 19.0 Å². The number of likely N-dealkylation sites (tertiary alicyclic amines) is 1. The lowest BCUT2D eigenvalue weighted by Gasteiger charge is -2.33. The number of carboxylic acid groups (broad SMARTS) is 1. The van der Waals surface area contributed by atoms with Crippen LogP contribution in [-0.4, -0.2) is 44.6 Å². The highest BCUT2D eigenvalue weighted by molar-refractivity contribution is 6.07. The van der Waals surface area contributed by atoms with Crippen molar-refractivity contribution in [3.8, 4) is 0 Å². The smallest absolute Gasteiger partial charge is 0.326 e. The quantitative estimate of drug-likeness (QED) is 0.929. The molecule has 1 saturated heterocycles. The van der Waals surface area contributed by atoms with Gasteiger partial charge < -0.3 is 14.5 Å². The van der Waals surface area contributed by atoms with Crippen LogP contribution >= 0.6 is 0 Å². The third-order valence-corrected chi connectivity index (χ3v) is 4.43. The van der Waals surface area contributed by atoms with Crippen LogP contribution in [0.4, 0.5) is 0 Å². The fourth-order valence-corrected chi connectivity index (χ4v) is 3.25. The molecule has 3 heterocycles. The highest BCUT2D eigenvalue weighted by Gasteiger charge is 2.34. The molecule has 24 heavy (non-hydrogen) atoms. The van der Waals surface area contributed by atoms with Gasteiger partial charge in [-0.25, -0.2) is 9.78 Å². The molecule has 1 amide bonds. The molecule has 3 rings (SSSR count). The third kappa shape index (κ3) is 2.74. The lowest BCUT2D eigenvalue weighted by Crippen LogP contribution is -2.48. The summed E-state index contributed by atoms with van der Waals surface area (Å²) in [6.07, 6.45) is 2.11. The van der Waals surface area contributed by atoms with E-state index < -0.39 is 12.0 Å². The number of pyridine rings is 1. The van der Waals surface area contributed by atoms with Crippen LogP contribution in [0.25, 0.3) is 11.1 Å². The number of carbonyl (C=O) groups excluding carboxylic acids is 1. The molecular weight excluding hydrogens is 310 g/mol. The number of hydrogen-bond acceptors (Lipinski definition) is 5. The number of piperidine rings is 1. The van der Waals surface area contributed by atoms with Crippen LogP contribution in [-0.2, 0) is 4.79 Å². The molecule has 1 fully saturated rings. The number of fused-ring (bicyclic) bond motifs is 1. The molecule has 0 aromatic carbocycles. The molecule has 7 heteroatoms. The van der Waals surface area contributed by atoms with E-state index >= 15 is 0 Å². The van der Waals surface area contributed by atoms with Gasteiger partial charge in [0.05, 0.1) is 16.6 Å². The number of rotatable bonds is 3. The third-order valence-electron chi connectivity index (χ3n) is 4.43. The maximum Gasteiger partial charge on any atom is 0.326 e. The molecule has 2 aromatic rings. The van der Waals surface area contributed by atoms with Crippen molar-refractivity contribution in [1.29, 1.82) is 0 Å². The van der Waals surface area contributed by atoms with Crippen molar-refractivity contribution in [2.45, 2.75) is 52.0 Å². The number of aromatic nitrogens is 2. The minimum atomic E-state index is -0.959. The van der Waals surface area contributed by atoms with Crippen LogP contribution in [0.1, 0.15) is 60.8 Å². The van der Waals surface area contributed by atoms with E-state index in [0.29, 0.717) is 41.0 Å². The van der Waals surface area contributed by atoms with E-state index in [1.54, 1.807) is 13.0 Å². The summed E-state index contributed by atoms with van der Waals surface area (Å²) >= 11 is 0. The number of aryl methyl sites for hydroxylation is 1. The van der Waals surface area contributed by atoms with Gasteiger partial charge in [0.25, 0.3) is 11.6 Å². The average molecular weight is 331 g/mol. The van der Waals surface area contributed by atoms with Gasteiger partial charge in [0, 0.05) is 12.2 Å². The van der Waals surface area contributed by atoms with Gasteiger partial charge in [-0.2, -0.15) is 0 Å². The Hall–Kier alpha value is -2.44. The van der Waals surface area contributed by atoms with Gasteiger partial charge in [-0.3, -0.25) is 4.79 Å². The van der Waals surface area contributed by atoms with Gasteiger partial charge >= 0.3 is 5.97 Å². The molecule has 0 aliphatic carbocycles. The Kier molecular flexibility index (Phi) is 4.26. The molecule has 7 nitrogen and oxygen atoms in total. The molecule has 1 unspecified atom stereocenters. The van der Waals surface area contributed by atoms with Crippen LogP contribution in [0.3, 0.4) is 0 Å². The van der Waals surface area contributed by atoms with E-state index in [4.69, 9.17) is 4.52 Å². The fourth-order valence-electron chi connectivity index (χ4n) is 3.25. The van der Waals surface area contributed by atoms with Crippen molar-refractivity contribution in [3.05, 3.63) is 23.0 Å². The zero-order valence-electron chi connectivity index (χ0n) is 14.1. The van der Waals surface area contributed by atoms with Crippen LogP contribution < -0.4 is 0 Å². The van der Waals surface area contributed by atoms with Crippen molar-refractivity contribution >= 4 is 23.0 Å². The summed E-state index contributed by atoms with van der Waals surface area (Å²) < 4.78 is 5.30. The van der Waals surface area contributed by atoms with Gasteiger partial charge in [-0.05, 0) is 38.2 Å². The first-order valence-corrected chi connectivity index (χ1v) is 8.21. The SMILES string of the molecule is Cc1cc(C(=O)N2CCCCC2C(=O)O)c2c(C(C)C)noc2n1. The van der Waals surface area contributed by atoms with E-state index in [9.17, 15) is 14.7 Å². The minimum Gasteiger partial charge on any atom is -0.480 e. The molecule has 0 saturated carbocycles. The molecule has 1 aliphatic rings. The van der Waals surface area contributed by atoms with Crippen molar-refractivity contribution in [2.75, 3.05) is 6.54 Å². The molecule has 1 atom stereocenters. The minimum absolute atomic E-state index is 0.0685. The van der Waals surface area contributed by atoms with Gasteiger partial charge in [0.2, 0.25) is 0 Å². The largest absolute Gasteiger partial charge is 0.480 e. The zero-order chi connectivity index (χ0) is 17.4. The van der Waals surface area contributed by atoms with E-state index in [1.165, 1.54) is 4.90 Å². The van der Waals surface area contributed by atoms with Crippen molar-refractivity contribution in [3.63, 3.8) is 0 Å². The van der Waals surface area contributed by atoms with E-state index in [0.717, 1.165) is 12.8 Å². The number of carboxylic acids is 1.